The molecule has 3 radical (unpaired) electrons. The summed E-state index contributed by atoms with van der Waals surface area (Å²) >= 11 is 0. The fourth-order valence-electron chi connectivity index (χ4n) is 0. The molecule has 3 heteroatoms. The van der Waals surface area contributed by atoms with Gasteiger partial charge < -0.3 is 4.79 Å². The number of hydrogen-bond acceptors (Lipinski definition) is 1. The molecule has 0 amide bonds. The quantitative estimate of drug-likeness (QED) is 0.275. The van der Waals surface area contributed by atoms with Crippen LogP contribution in [0.1, 0.15) is 0 Å². The number of allylic oxidation sites excluding steroid dienone is 1. The predicted molar refractivity (Wildman–Crippen MR) is 21.6 cm³/mol. The van der Waals surface area contributed by atoms with E-state index in [1.807, 2.05) is 0 Å². The summed E-state index contributed by atoms with van der Waals surface area (Å²) in [4.78, 5) is 8.93. The number of rotatable bonds is 1. The number of hydrogen-bond donors (Lipinski definition) is 0. The van der Waals surface area contributed by atoms with Crippen molar-refractivity contribution in [3.63, 3.8) is 0 Å². The Morgan fingerprint density at radius 2 is 1.83 bits per heavy atom. The molecule has 0 saturated heterocycles. The van der Waals surface area contributed by atoms with Crippen LogP contribution in [0.5, 0.6) is 0 Å². The smallest absolute Gasteiger partial charge is 0 e. The Morgan fingerprint density at radius 3 is 1.83 bits per heavy atom. The van der Waals surface area contributed by atoms with E-state index in [0.717, 1.165) is 6.08 Å². The normalized spacial score (nSPS) is 3.33. The van der Waals surface area contributed by atoms with Crippen LogP contribution in [0.4, 0.5) is 0 Å². The minimum atomic E-state index is 0. The van der Waals surface area contributed by atoms with E-state index in [1.54, 1.807) is 0 Å². The molecule has 29 valence electrons. The molecule has 0 aliphatic rings. The van der Waals surface area contributed by atoms with Crippen molar-refractivity contribution in [1.29, 1.82) is 0 Å². The van der Waals surface area contributed by atoms with Gasteiger partial charge in [0.15, 0.2) is 0 Å². The van der Waals surface area contributed by atoms with E-state index in [1.165, 1.54) is 6.29 Å². The van der Waals surface area contributed by atoms with Crippen molar-refractivity contribution < 1.29 is 26.5 Å². The standard InChI is InChI=1S/C3H3O.Al.Ti/c1-2-3-4;;/h2H,1H2;;/q-1;;. The Hall–Kier alpha value is 0.657. The molecule has 0 heterocycles. The fourth-order valence-corrected chi connectivity index (χ4v) is 0. The minimum Gasteiger partial charge on any atom is -0.419 e. The van der Waals surface area contributed by atoms with Gasteiger partial charge in [0.2, 0.25) is 0 Å². The van der Waals surface area contributed by atoms with E-state index in [9.17, 15) is 0 Å². The van der Waals surface area contributed by atoms with Gasteiger partial charge in [-0.1, -0.05) is 0 Å². The summed E-state index contributed by atoms with van der Waals surface area (Å²) in [7, 11) is 0. The zero-order valence-electron chi connectivity index (χ0n) is 3.27. The Balaban J connectivity index is -0.0000000450. The summed E-state index contributed by atoms with van der Waals surface area (Å²) in [5.41, 5.74) is 0. The predicted octanol–water partition coefficient (Wildman–Crippen LogP) is -0.101. The van der Waals surface area contributed by atoms with Crippen molar-refractivity contribution in [2.45, 2.75) is 0 Å². The Morgan fingerprint density at radius 1 is 1.67 bits per heavy atom. The van der Waals surface area contributed by atoms with E-state index in [2.05, 4.69) is 6.58 Å². The van der Waals surface area contributed by atoms with Gasteiger partial charge in [0.25, 0.3) is 0 Å². The van der Waals surface area contributed by atoms with Crippen LogP contribution in [0, 0.1) is 0 Å². The molecule has 0 saturated carbocycles. The molecule has 6 heavy (non-hydrogen) atoms. The summed E-state index contributed by atoms with van der Waals surface area (Å²) in [6.45, 7) is 3.06. The van der Waals surface area contributed by atoms with E-state index in [4.69, 9.17) is 4.79 Å². The first kappa shape index (κ1) is 15.9. The van der Waals surface area contributed by atoms with E-state index in [0.29, 0.717) is 0 Å². The van der Waals surface area contributed by atoms with Crippen molar-refractivity contribution in [3.8, 4) is 0 Å². The first-order chi connectivity index (χ1) is 1.91. The molecule has 0 aromatic rings. The topological polar surface area (TPSA) is 17.1 Å². The van der Waals surface area contributed by atoms with Crippen molar-refractivity contribution in [3.05, 3.63) is 12.7 Å². The first-order valence-corrected chi connectivity index (χ1v) is 0.901. The van der Waals surface area contributed by atoms with E-state index < -0.39 is 0 Å². The summed E-state index contributed by atoms with van der Waals surface area (Å²) < 4.78 is 0. The van der Waals surface area contributed by atoms with Crippen LogP contribution < -0.4 is 0 Å². The minimum absolute atomic E-state index is 0. The van der Waals surface area contributed by atoms with E-state index >= 15 is 0 Å². The van der Waals surface area contributed by atoms with Crippen LogP contribution in [-0.2, 0) is 26.5 Å². The molecule has 0 aromatic heterocycles. The molecule has 0 bridgehead atoms. The molecule has 0 fully saturated rings. The second-order valence-corrected chi connectivity index (χ2v) is 0.322. The molecule has 0 unspecified atom stereocenters. The second-order valence-electron chi connectivity index (χ2n) is 0.322. The number of carbonyl (C=O) groups excluding carboxylic acids is 1. The molecule has 0 spiro atoms. The summed E-state index contributed by atoms with van der Waals surface area (Å²) in [5, 5.41) is 0. The third-order valence-electron chi connectivity index (χ3n) is 0.0833. The van der Waals surface area contributed by atoms with Gasteiger partial charge >= 0.3 is 0 Å². The average molecular weight is 130 g/mol. The zero-order valence-corrected chi connectivity index (χ0v) is 5.99. The molecular formula is C3H3AlOTi-. The van der Waals surface area contributed by atoms with E-state index in [-0.39, 0.29) is 39.1 Å². The van der Waals surface area contributed by atoms with Gasteiger partial charge in [-0.15, -0.1) is 0 Å². The van der Waals surface area contributed by atoms with Crippen LogP contribution in [0.25, 0.3) is 0 Å². The van der Waals surface area contributed by atoms with Gasteiger partial charge in [-0.2, -0.15) is 0 Å². The molecule has 0 atom stereocenters. The molecule has 0 aromatic carbocycles. The summed E-state index contributed by atoms with van der Waals surface area (Å²) in [5.74, 6) is 0. The van der Waals surface area contributed by atoms with Gasteiger partial charge in [-0.3, -0.25) is 0 Å². The monoisotopic (exact) mass is 130 g/mol. The van der Waals surface area contributed by atoms with Crippen molar-refractivity contribution in [2.24, 2.45) is 0 Å². The molecular weight excluding hydrogens is 127 g/mol. The van der Waals surface area contributed by atoms with Gasteiger partial charge in [-0.05, 0) is 6.29 Å². The maximum absolute atomic E-state index is 8.93. The van der Waals surface area contributed by atoms with Crippen molar-refractivity contribution in [2.75, 3.05) is 0 Å². The van der Waals surface area contributed by atoms with Gasteiger partial charge in [0.05, 0.1) is 0 Å². The second kappa shape index (κ2) is 17.4. The third kappa shape index (κ3) is 22.7. The SMILES string of the molecule is C=C[C-]=O.[Al].[Ti]. The third-order valence-corrected chi connectivity index (χ3v) is 0.0833. The van der Waals surface area contributed by atoms with Crippen LogP contribution in [0.15, 0.2) is 12.7 Å². The fraction of sp³-hybridized carbons (Fsp3) is 0. The van der Waals surface area contributed by atoms with Crippen LogP contribution in [0.3, 0.4) is 0 Å². The van der Waals surface area contributed by atoms with Crippen LogP contribution in [0.2, 0.25) is 0 Å². The van der Waals surface area contributed by atoms with Crippen molar-refractivity contribution in [1.82, 2.24) is 0 Å². The van der Waals surface area contributed by atoms with Gasteiger partial charge in [0, 0.05) is 39.1 Å². The van der Waals surface area contributed by atoms with Gasteiger partial charge in [-0.25, -0.2) is 12.7 Å². The first-order valence-electron chi connectivity index (χ1n) is 0.901. The maximum Gasteiger partial charge on any atom is 0 e. The van der Waals surface area contributed by atoms with Crippen LogP contribution >= 0.6 is 0 Å². The Kier molecular flexibility index (Phi) is 46.1. The van der Waals surface area contributed by atoms with Crippen LogP contribution in [-0.4, -0.2) is 23.6 Å². The largest absolute Gasteiger partial charge is 0.419 e. The summed E-state index contributed by atoms with van der Waals surface area (Å²) in [6.07, 6.45) is 2.51. The molecule has 0 aliphatic carbocycles. The molecule has 0 aliphatic heterocycles. The average Bonchev–Trinajstić information content (AvgIpc) is 1.37. The van der Waals surface area contributed by atoms with Gasteiger partial charge in [0.1, 0.15) is 0 Å². The summed E-state index contributed by atoms with van der Waals surface area (Å²) in [6, 6.07) is 0. The molecule has 0 N–H and O–H groups in total. The molecule has 0 rings (SSSR count). The Labute approximate surface area is 62.8 Å². The Bertz CT molecular complexity index is 31.8. The molecule has 1 nitrogen and oxygen atoms in total. The maximum atomic E-state index is 8.93. The zero-order chi connectivity index (χ0) is 3.41. The van der Waals surface area contributed by atoms with Crippen molar-refractivity contribution >= 4 is 23.6 Å².